The van der Waals surface area contributed by atoms with Crippen molar-refractivity contribution in [3.63, 3.8) is 0 Å². The second kappa shape index (κ2) is 15.0. The van der Waals surface area contributed by atoms with E-state index in [-0.39, 0.29) is 64.9 Å². The molecule has 5 fully saturated rings. The van der Waals surface area contributed by atoms with E-state index in [9.17, 15) is 29.7 Å². The molecule has 5 aliphatic carbocycles. The first kappa shape index (κ1) is 39.2. The fourth-order valence-electron chi connectivity index (χ4n) is 13.6. The molecular weight excluding hydrogens is 656 g/mol. The zero-order chi connectivity index (χ0) is 37.6. The van der Waals surface area contributed by atoms with Gasteiger partial charge in [0.05, 0.1) is 24.2 Å². The van der Waals surface area contributed by atoms with E-state index < -0.39 is 17.5 Å². The van der Waals surface area contributed by atoms with E-state index >= 15 is 0 Å². The van der Waals surface area contributed by atoms with Crippen molar-refractivity contribution in [2.75, 3.05) is 13.2 Å². The lowest BCUT2D eigenvalue weighted by atomic mass is 9.36. The molecule has 0 aliphatic heterocycles. The van der Waals surface area contributed by atoms with Gasteiger partial charge in [-0.25, -0.2) is 0 Å². The molecule has 6 N–H and O–H groups in total. The number of aliphatic hydroxyl groups is 3. The van der Waals surface area contributed by atoms with Gasteiger partial charge in [0.25, 0.3) is 5.91 Å². The highest BCUT2D eigenvalue weighted by Crippen LogP contribution is 2.73. The van der Waals surface area contributed by atoms with Crippen molar-refractivity contribution >= 4 is 17.8 Å². The fraction of sp³-hybridized carbons (Fsp3) is 0.791. The van der Waals surface area contributed by atoms with E-state index in [4.69, 9.17) is 5.11 Å². The van der Waals surface area contributed by atoms with Crippen molar-refractivity contribution < 1.29 is 34.8 Å². The van der Waals surface area contributed by atoms with Crippen LogP contribution in [0.25, 0.3) is 0 Å². The Hall–Kier alpha value is -2.49. The molecule has 290 valence electrons. The number of rotatable bonds is 12. The summed E-state index contributed by atoms with van der Waals surface area (Å²) in [7, 11) is 0. The Kier molecular flexibility index (Phi) is 11.3. The number of hydrogen-bond acceptors (Lipinski definition) is 6. The molecule has 1 aromatic rings. The summed E-state index contributed by atoms with van der Waals surface area (Å²) in [5.74, 6) is 1.18. The Labute approximate surface area is 311 Å². The molecule has 9 nitrogen and oxygen atoms in total. The molecule has 0 heterocycles. The number of carboxylic acids is 1. The van der Waals surface area contributed by atoms with Crippen LogP contribution in [0, 0.1) is 63.1 Å². The quantitative estimate of drug-likeness (QED) is 0.138. The van der Waals surface area contributed by atoms with Gasteiger partial charge in [-0.05, 0) is 152 Å². The maximum absolute atomic E-state index is 14.7. The first-order valence-electron chi connectivity index (χ1n) is 20.4. The molecular formula is C43H66N2O7. The van der Waals surface area contributed by atoms with Gasteiger partial charge in [-0.3, -0.25) is 14.4 Å². The summed E-state index contributed by atoms with van der Waals surface area (Å²) in [6.45, 7) is 12.2. The summed E-state index contributed by atoms with van der Waals surface area (Å²) >= 11 is 0. The first-order valence-corrected chi connectivity index (χ1v) is 20.4. The lowest BCUT2D eigenvalue weighted by Gasteiger charge is -2.69. The minimum absolute atomic E-state index is 0.0838. The topological polar surface area (TPSA) is 156 Å². The van der Waals surface area contributed by atoms with Crippen LogP contribution in [0.5, 0.6) is 0 Å². The highest BCUT2D eigenvalue weighted by atomic mass is 16.4. The first-order chi connectivity index (χ1) is 24.6. The van der Waals surface area contributed by atoms with Gasteiger partial charge in [-0.2, -0.15) is 0 Å². The highest BCUT2D eigenvalue weighted by Gasteiger charge is 2.68. The smallest absolute Gasteiger partial charge is 0.303 e. The van der Waals surface area contributed by atoms with E-state index in [1.54, 1.807) is 6.07 Å². The number of carbonyl (C=O) groups is 3. The van der Waals surface area contributed by atoms with Crippen LogP contribution in [0.4, 0.5) is 0 Å². The van der Waals surface area contributed by atoms with Gasteiger partial charge in [0.15, 0.2) is 0 Å². The fourth-order valence-corrected chi connectivity index (χ4v) is 13.6. The molecule has 2 amide bonds. The maximum atomic E-state index is 14.7. The Morgan fingerprint density at radius 1 is 0.885 bits per heavy atom. The Bertz CT molecular complexity index is 1480. The third-order valence-corrected chi connectivity index (χ3v) is 16.3. The molecule has 9 heteroatoms. The average Bonchev–Trinajstić information content (AvgIpc) is 3.52. The zero-order valence-corrected chi connectivity index (χ0v) is 32.3. The Morgan fingerprint density at radius 2 is 1.62 bits per heavy atom. The molecule has 52 heavy (non-hydrogen) atoms. The Balaban J connectivity index is 1.20. The van der Waals surface area contributed by atoms with Crippen LogP contribution in [0.15, 0.2) is 24.3 Å². The molecule has 6 rings (SSSR count). The minimum atomic E-state index is -0.838. The van der Waals surface area contributed by atoms with Crippen molar-refractivity contribution in [2.45, 2.75) is 137 Å². The third kappa shape index (κ3) is 6.74. The number of aliphatic carboxylic acids is 1. The predicted molar refractivity (Wildman–Crippen MR) is 200 cm³/mol. The number of benzene rings is 1. The number of fused-ring (bicyclic) bond motifs is 7. The summed E-state index contributed by atoms with van der Waals surface area (Å²) in [5.41, 5.74) is 1.10. The molecule has 5 aliphatic rings. The van der Waals surface area contributed by atoms with Gasteiger partial charge in [0.2, 0.25) is 5.91 Å². The molecule has 0 saturated heterocycles. The number of amides is 2. The summed E-state index contributed by atoms with van der Waals surface area (Å²) in [6.07, 6.45) is 10.1. The molecule has 0 aromatic heterocycles. The van der Waals surface area contributed by atoms with Crippen molar-refractivity contribution in [1.82, 2.24) is 10.6 Å². The number of carbonyl (C=O) groups excluding carboxylic acids is 2. The van der Waals surface area contributed by atoms with E-state index in [2.05, 4.69) is 45.3 Å². The van der Waals surface area contributed by atoms with Crippen LogP contribution < -0.4 is 10.6 Å². The van der Waals surface area contributed by atoms with Crippen molar-refractivity contribution in [3.8, 4) is 0 Å². The van der Waals surface area contributed by atoms with Crippen molar-refractivity contribution in [2.24, 2.45) is 63.1 Å². The van der Waals surface area contributed by atoms with Crippen LogP contribution in [0.3, 0.4) is 0 Å². The second-order valence-corrected chi connectivity index (χ2v) is 18.9. The number of unbranched alkanes of at least 4 members (excludes halogenated alkanes) is 1. The largest absolute Gasteiger partial charge is 0.481 e. The number of nitrogens with one attached hydrogen (secondary N) is 2. The highest BCUT2D eigenvalue weighted by molar-refractivity contribution is 5.94. The lowest BCUT2D eigenvalue weighted by Crippen LogP contribution is -2.64. The third-order valence-electron chi connectivity index (χ3n) is 16.3. The minimum Gasteiger partial charge on any atom is -0.481 e. The summed E-state index contributed by atoms with van der Waals surface area (Å²) < 4.78 is 0. The zero-order valence-electron chi connectivity index (χ0n) is 32.3. The maximum Gasteiger partial charge on any atom is 0.303 e. The number of carboxylic acid groups (broad SMARTS) is 1. The second-order valence-electron chi connectivity index (χ2n) is 18.9. The van der Waals surface area contributed by atoms with Gasteiger partial charge in [0.1, 0.15) is 0 Å². The van der Waals surface area contributed by atoms with Crippen LogP contribution in [-0.2, 0) is 16.1 Å². The monoisotopic (exact) mass is 722 g/mol. The van der Waals surface area contributed by atoms with Gasteiger partial charge >= 0.3 is 5.97 Å². The summed E-state index contributed by atoms with van der Waals surface area (Å²) in [5, 5.41) is 47.1. The van der Waals surface area contributed by atoms with Gasteiger partial charge in [0, 0.05) is 25.1 Å². The lowest BCUT2D eigenvalue weighted by molar-refractivity contribution is -0.217. The van der Waals surface area contributed by atoms with Crippen LogP contribution in [-0.4, -0.2) is 63.6 Å². The van der Waals surface area contributed by atoms with E-state index in [1.165, 1.54) is 0 Å². The van der Waals surface area contributed by atoms with E-state index in [0.29, 0.717) is 55.2 Å². The molecule has 0 spiro atoms. The van der Waals surface area contributed by atoms with Crippen molar-refractivity contribution in [1.29, 1.82) is 0 Å². The summed E-state index contributed by atoms with van der Waals surface area (Å²) in [6, 6.07) is 7.34. The average molecular weight is 723 g/mol. The Morgan fingerprint density at radius 3 is 2.35 bits per heavy atom. The number of hydrogen-bond donors (Lipinski definition) is 6. The predicted octanol–water partition coefficient (Wildman–Crippen LogP) is 6.33. The van der Waals surface area contributed by atoms with Crippen LogP contribution in [0.1, 0.15) is 134 Å². The molecule has 5 saturated carbocycles. The molecule has 1 aromatic carbocycles. The van der Waals surface area contributed by atoms with Gasteiger partial charge < -0.3 is 31.1 Å². The normalized spacial score (nSPS) is 38.8. The van der Waals surface area contributed by atoms with Crippen LogP contribution in [0.2, 0.25) is 0 Å². The van der Waals surface area contributed by atoms with E-state index in [0.717, 1.165) is 69.8 Å². The molecule has 0 bridgehead atoms. The summed E-state index contributed by atoms with van der Waals surface area (Å²) in [4.78, 5) is 38.3. The number of aliphatic hydroxyl groups excluding tert-OH is 3. The van der Waals surface area contributed by atoms with Crippen LogP contribution >= 0.6 is 0 Å². The van der Waals surface area contributed by atoms with Gasteiger partial charge in [-0.15, -0.1) is 0 Å². The molecule has 12 unspecified atom stereocenters. The SMILES string of the molecule is CC(C(O)CO)C1CCC2(C(=O)NCc3cccc(C(=O)NCCCCC(=O)O)c3)CCC3C(CCC4C3(C)CCC3C(C)(C)C(O)CCC34C)C12. The van der Waals surface area contributed by atoms with E-state index in [1.807, 2.05) is 18.2 Å². The molecule has 0 radical (unpaired) electrons. The standard InChI is InChI=1S/C43H66N2O7/c1-26(32(47)25-46)29-14-20-43(39(52)45-24-27-9-8-10-28(23-27)38(51)44-22-7-6-11-36(49)50)21-15-31-30(37(29)43)12-13-34-41(31,4)18-16-33-40(2,3)35(48)17-19-42(33,34)5/h8-10,23,26,29-35,37,46-48H,6-7,11-22,24-25H2,1-5H3,(H,44,51)(H,45,52)(H,49,50). The van der Waals surface area contributed by atoms with Gasteiger partial charge in [-0.1, -0.05) is 46.8 Å². The molecule has 12 atom stereocenters. The van der Waals surface area contributed by atoms with Crippen molar-refractivity contribution in [3.05, 3.63) is 35.4 Å².